The highest BCUT2D eigenvalue weighted by atomic mass is 16.5. The average molecular weight is 461 g/mol. The Morgan fingerprint density at radius 3 is 2.12 bits per heavy atom. The van der Waals surface area contributed by atoms with Crippen molar-refractivity contribution in [3.63, 3.8) is 0 Å². The van der Waals surface area contributed by atoms with Gasteiger partial charge in [0.15, 0.2) is 0 Å². The topological polar surface area (TPSA) is 71.1 Å². The zero-order valence-electron chi connectivity index (χ0n) is 19.6. The molecule has 0 aromatic heterocycles. The average Bonchev–Trinajstić information content (AvgIpc) is 2.85. The predicted octanol–water partition coefficient (Wildman–Crippen LogP) is 6.22. The molecule has 3 aromatic rings. The molecule has 6 heteroatoms. The molecule has 0 unspecified atom stereocenters. The number of benzene rings is 3. The van der Waals surface area contributed by atoms with Crippen LogP contribution in [0.2, 0.25) is 0 Å². The van der Waals surface area contributed by atoms with E-state index in [1.807, 2.05) is 42.5 Å². The Kier molecular flexibility index (Phi) is 8.46. The quantitative estimate of drug-likeness (QED) is 0.111. The van der Waals surface area contributed by atoms with Crippen molar-refractivity contribution in [1.29, 1.82) is 0 Å². The van der Waals surface area contributed by atoms with Crippen molar-refractivity contribution < 1.29 is 28.5 Å². The third kappa shape index (κ3) is 6.04. The van der Waals surface area contributed by atoms with Gasteiger partial charge in [-0.05, 0) is 66.4 Å². The second kappa shape index (κ2) is 11.7. The van der Waals surface area contributed by atoms with Crippen LogP contribution in [-0.2, 0) is 9.59 Å². The molecule has 0 radical (unpaired) electrons. The van der Waals surface area contributed by atoms with Crippen molar-refractivity contribution in [2.45, 2.75) is 26.7 Å². The zero-order valence-corrected chi connectivity index (χ0v) is 19.6. The van der Waals surface area contributed by atoms with Gasteiger partial charge >= 0.3 is 5.97 Å². The molecule has 0 spiro atoms. The summed E-state index contributed by atoms with van der Waals surface area (Å²) in [6, 6.07) is 18.2. The smallest absolute Gasteiger partial charge is 0.338 e. The fourth-order valence-electron chi connectivity index (χ4n) is 3.29. The number of rotatable bonds is 11. The highest BCUT2D eigenvalue weighted by Crippen LogP contribution is 2.43. The summed E-state index contributed by atoms with van der Waals surface area (Å²) in [6.45, 7) is 8.29. The lowest BCUT2D eigenvalue weighted by Crippen LogP contribution is -2.10. The third-order valence-corrected chi connectivity index (χ3v) is 5.12. The van der Waals surface area contributed by atoms with Crippen molar-refractivity contribution in [1.82, 2.24) is 0 Å². The van der Waals surface area contributed by atoms with Crippen LogP contribution >= 0.6 is 0 Å². The van der Waals surface area contributed by atoms with Crippen LogP contribution in [0.4, 0.5) is 0 Å². The van der Waals surface area contributed by atoms with E-state index in [9.17, 15) is 9.59 Å². The number of hydrogen-bond donors (Lipinski definition) is 0. The maximum Gasteiger partial charge on any atom is 0.338 e. The van der Waals surface area contributed by atoms with Gasteiger partial charge in [0.05, 0.1) is 19.3 Å². The number of ether oxygens (including phenoxy) is 4. The fourth-order valence-corrected chi connectivity index (χ4v) is 3.29. The summed E-state index contributed by atoms with van der Waals surface area (Å²) in [6.07, 6.45) is 1.86. The fraction of sp³-hybridized carbons (Fsp3) is 0.214. The Labute approximate surface area is 199 Å². The summed E-state index contributed by atoms with van der Waals surface area (Å²) in [5.74, 6) is 1.57. The second-order valence-corrected chi connectivity index (χ2v) is 7.69. The molecule has 3 aromatic carbocycles. The highest BCUT2D eigenvalue weighted by molar-refractivity contribution is 5.92. The lowest BCUT2D eigenvalue weighted by atomic mass is 9.97. The second-order valence-electron chi connectivity index (χ2n) is 7.69. The molecule has 0 bridgehead atoms. The summed E-state index contributed by atoms with van der Waals surface area (Å²) < 4.78 is 22.1. The lowest BCUT2D eigenvalue weighted by molar-refractivity contribution is -0.130. The van der Waals surface area contributed by atoms with Gasteiger partial charge in [-0.2, -0.15) is 0 Å². The molecule has 6 nitrogen and oxygen atoms in total. The number of esters is 1. The molecule has 0 amide bonds. The summed E-state index contributed by atoms with van der Waals surface area (Å²) in [7, 11) is 1.61. The van der Waals surface area contributed by atoms with Crippen LogP contribution in [0, 0.1) is 0 Å². The maximum absolute atomic E-state index is 12.5. The normalized spacial score (nSPS) is 10.3. The van der Waals surface area contributed by atoms with Gasteiger partial charge in [-0.25, -0.2) is 4.79 Å². The maximum atomic E-state index is 12.5. The molecule has 0 aliphatic heterocycles. The largest absolute Gasteiger partial charge is 0.497 e. The number of carbonyl (C=O) groups excluding carboxylic acids is 2. The van der Waals surface area contributed by atoms with Gasteiger partial charge in [0, 0.05) is 5.57 Å². The molecule has 0 aliphatic rings. The van der Waals surface area contributed by atoms with E-state index in [1.165, 1.54) is 0 Å². The minimum absolute atomic E-state index is 0.287. The van der Waals surface area contributed by atoms with E-state index in [4.69, 9.17) is 18.9 Å². The van der Waals surface area contributed by atoms with E-state index in [2.05, 4.69) is 13.5 Å². The lowest BCUT2D eigenvalue weighted by Gasteiger charge is -2.18. The number of hydrogen-bond acceptors (Lipinski definition) is 6. The van der Waals surface area contributed by atoms with Gasteiger partial charge in [-0.3, -0.25) is 4.79 Å². The SMILES string of the molecule is C=C(C)C(=O)Oc1cc(-c2ccc(OC=O)cc2)cc(OCCCC)c1-c1ccc(OC)cc1. The predicted molar refractivity (Wildman–Crippen MR) is 131 cm³/mol. The molecule has 0 saturated carbocycles. The van der Waals surface area contributed by atoms with E-state index in [0.29, 0.717) is 41.6 Å². The number of methoxy groups -OCH3 is 1. The first-order chi connectivity index (χ1) is 16.5. The number of unbranched alkanes of at least 4 members (excludes halogenated alkanes) is 1. The molecule has 34 heavy (non-hydrogen) atoms. The third-order valence-electron chi connectivity index (χ3n) is 5.12. The van der Waals surface area contributed by atoms with Crippen molar-refractivity contribution in [2.75, 3.05) is 13.7 Å². The van der Waals surface area contributed by atoms with Crippen LogP contribution in [0.1, 0.15) is 26.7 Å². The molecule has 0 heterocycles. The zero-order chi connectivity index (χ0) is 24.5. The van der Waals surface area contributed by atoms with E-state index < -0.39 is 5.97 Å². The van der Waals surface area contributed by atoms with Gasteiger partial charge < -0.3 is 18.9 Å². The Morgan fingerprint density at radius 1 is 0.912 bits per heavy atom. The van der Waals surface area contributed by atoms with Gasteiger partial charge in [-0.15, -0.1) is 0 Å². The standard InChI is InChI=1S/C28H28O6/c1-5-6-15-32-25-16-22(20-7-13-24(14-8-20)33-18-29)17-26(34-28(30)19(2)3)27(25)21-9-11-23(31-4)12-10-21/h7-14,16-18H,2,5-6,15H2,1,3-4H3. The van der Waals surface area contributed by atoms with Gasteiger partial charge in [0.25, 0.3) is 6.47 Å². The Morgan fingerprint density at radius 2 is 1.53 bits per heavy atom. The van der Waals surface area contributed by atoms with Gasteiger partial charge in [0.2, 0.25) is 0 Å². The summed E-state index contributed by atoms with van der Waals surface area (Å²) in [4.78, 5) is 23.1. The summed E-state index contributed by atoms with van der Waals surface area (Å²) in [5, 5.41) is 0. The highest BCUT2D eigenvalue weighted by Gasteiger charge is 2.20. The molecule has 0 aliphatic carbocycles. The summed E-state index contributed by atoms with van der Waals surface area (Å²) in [5.41, 5.74) is 3.39. The monoisotopic (exact) mass is 460 g/mol. The first-order valence-corrected chi connectivity index (χ1v) is 11.0. The van der Waals surface area contributed by atoms with Crippen LogP contribution in [0.5, 0.6) is 23.0 Å². The minimum Gasteiger partial charge on any atom is -0.497 e. The van der Waals surface area contributed by atoms with Crippen LogP contribution in [0.3, 0.4) is 0 Å². The molecular weight excluding hydrogens is 432 g/mol. The molecule has 0 atom stereocenters. The van der Waals surface area contributed by atoms with Gasteiger partial charge in [-0.1, -0.05) is 44.2 Å². The van der Waals surface area contributed by atoms with E-state index >= 15 is 0 Å². The van der Waals surface area contributed by atoms with Crippen molar-refractivity contribution in [2.24, 2.45) is 0 Å². The van der Waals surface area contributed by atoms with Crippen molar-refractivity contribution in [3.8, 4) is 45.3 Å². The number of carbonyl (C=O) groups is 2. The molecule has 3 rings (SSSR count). The molecule has 0 saturated heterocycles. The summed E-state index contributed by atoms with van der Waals surface area (Å²) >= 11 is 0. The van der Waals surface area contributed by atoms with Crippen LogP contribution in [0.15, 0.2) is 72.8 Å². The first kappa shape index (κ1) is 24.6. The van der Waals surface area contributed by atoms with E-state index in [-0.39, 0.29) is 5.57 Å². The minimum atomic E-state index is -0.527. The molecule has 0 fully saturated rings. The van der Waals surface area contributed by atoms with Crippen LogP contribution in [0.25, 0.3) is 22.3 Å². The molecular formula is C28H28O6. The Balaban J connectivity index is 2.17. The van der Waals surface area contributed by atoms with Crippen LogP contribution < -0.4 is 18.9 Å². The molecule has 0 N–H and O–H groups in total. The Hall–Kier alpha value is -4.06. The van der Waals surface area contributed by atoms with E-state index in [0.717, 1.165) is 29.5 Å². The van der Waals surface area contributed by atoms with E-state index in [1.54, 1.807) is 32.2 Å². The molecule has 176 valence electrons. The van der Waals surface area contributed by atoms with Crippen molar-refractivity contribution in [3.05, 3.63) is 72.8 Å². The van der Waals surface area contributed by atoms with Crippen molar-refractivity contribution >= 4 is 12.4 Å². The Bertz CT molecular complexity index is 1150. The first-order valence-electron chi connectivity index (χ1n) is 11.0. The van der Waals surface area contributed by atoms with Gasteiger partial charge in [0.1, 0.15) is 23.0 Å². The van der Waals surface area contributed by atoms with Crippen LogP contribution in [-0.4, -0.2) is 26.2 Å².